The number of primary amides is 1. The number of hydrogen-bond acceptors (Lipinski definition) is 2. The quantitative estimate of drug-likeness (QED) is 0.384. The van der Waals surface area contributed by atoms with Crippen LogP contribution in [0.2, 0.25) is 0 Å². The summed E-state index contributed by atoms with van der Waals surface area (Å²) < 4.78 is 2.28. The predicted molar refractivity (Wildman–Crippen MR) is 125 cm³/mol. The monoisotopic (exact) mass is 409 g/mol. The topological polar surface area (TPSA) is 48.0 Å². The molecule has 2 N–H and O–H groups in total. The Balaban J connectivity index is 1.82. The zero-order valence-corrected chi connectivity index (χ0v) is 17.7. The molecule has 147 valence electrons. The lowest BCUT2D eigenvalue weighted by Gasteiger charge is -2.10. The number of hydrogen-bond donors (Lipinski definition) is 1. The highest BCUT2D eigenvalue weighted by Crippen LogP contribution is 2.35. The molecule has 3 nitrogen and oxygen atoms in total. The molecule has 0 atom stereocenters. The van der Waals surface area contributed by atoms with Crippen LogP contribution in [-0.4, -0.2) is 10.5 Å². The number of rotatable bonds is 4. The highest BCUT2D eigenvalue weighted by atomic mass is 32.1. The average Bonchev–Trinajstić information content (AvgIpc) is 3.34. The van der Waals surface area contributed by atoms with Crippen molar-refractivity contribution in [2.45, 2.75) is 20.4 Å². The Morgan fingerprint density at radius 3 is 2.53 bits per heavy atom. The largest absolute Gasteiger partial charge is 0.366 e. The molecule has 0 aliphatic heterocycles. The van der Waals surface area contributed by atoms with Crippen molar-refractivity contribution >= 4 is 39.0 Å². The highest BCUT2D eigenvalue weighted by Gasteiger charge is 2.17. The molecule has 0 aliphatic carbocycles. The normalized spacial score (nSPS) is 11.4. The van der Waals surface area contributed by atoms with Gasteiger partial charge in [0.05, 0.1) is 11.0 Å². The van der Waals surface area contributed by atoms with Gasteiger partial charge in [0, 0.05) is 27.8 Å². The van der Waals surface area contributed by atoms with Gasteiger partial charge in [-0.05, 0) is 66.8 Å². The number of carbonyl (C=O) groups is 1. The predicted octanol–water partition coefficient (Wildman–Crippen LogP) is 6.09. The summed E-state index contributed by atoms with van der Waals surface area (Å²) in [4.78, 5) is 13.4. The van der Waals surface area contributed by atoms with E-state index >= 15 is 0 Å². The second kappa shape index (κ2) is 7.15. The van der Waals surface area contributed by atoms with Crippen LogP contribution in [0.4, 0.5) is 0 Å². The van der Waals surface area contributed by atoms with Gasteiger partial charge in [0.1, 0.15) is 0 Å². The van der Waals surface area contributed by atoms with Gasteiger partial charge < -0.3 is 10.3 Å². The van der Waals surface area contributed by atoms with E-state index in [2.05, 4.69) is 72.3 Å². The van der Waals surface area contributed by atoms with Crippen molar-refractivity contribution < 1.29 is 4.79 Å². The van der Waals surface area contributed by atoms with Crippen LogP contribution in [0.1, 0.15) is 27.0 Å². The van der Waals surface area contributed by atoms with Crippen molar-refractivity contribution in [1.29, 1.82) is 0 Å². The van der Waals surface area contributed by atoms with Crippen LogP contribution in [0, 0.1) is 19.9 Å². The van der Waals surface area contributed by atoms with Crippen LogP contribution in [0.5, 0.6) is 0 Å². The molecule has 0 saturated carbocycles. The maximum atomic E-state index is 12.2. The molecule has 2 aromatic heterocycles. The Bertz CT molecular complexity index is 1390. The molecule has 1 radical (unpaired) electrons. The van der Waals surface area contributed by atoms with Gasteiger partial charge in [-0.2, -0.15) is 0 Å². The van der Waals surface area contributed by atoms with Crippen molar-refractivity contribution in [3.05, 3.63) is 94.4 Å². The third-order valence-corrected chi connectivity index (χ3v) is 6.41. The van der Waals surface area contributed by atoms with Crippen LogP contribution in [0.15, 0.2) is 66.0 Å². The number of fused-ring (bicyclic) bond motifs is 3. The maximum Gasteiger partial charge on any atom is 0.249 e. The number of carbonyl (C=O) groups excluding carboxylic acids is 1. The molecule has 0 aliphatic rings. The molecule has 2 heterocycles. The number of aryl methyl sites for hydroxylation is 2. The van der Waals surface area contributed by atoms with Gasteiger partial charge >= 0.3 is 0 Å². The number of thiophene rings is 1. The van der Waals surface area contributed by atoms with E-state index in [0.717, 1.165) is 27.4 Å². The Kier molecular flexibility index (Phi) is 4.44. The summed E-state index contributed by atoms with van der Waals surface area (Å²) in [7, 11) is 0. The van der Waals surface area contributed by atoms with Gasteiger partial charge in [0.25, 0.3) is 0 Å². The molecule has 5 rings (SSSR count). The van der Waals surface area contributed by atoms with Gasteiger partial charge in [0.15, 0.2) is 0 Å². The summed E-state index contributed by atoms with van der Waals surface area (Å²) in [6.45, 7) is 4.96. The second-order valence-corrected chi connectivity index (χ2v) is 8.72. The lowest BCUT2D eigenvalue weighted by Crippen LogP contribution is -2.11. The molecule has 5 aromatic rings. The van der Waals surface area contributed by atoms with Crippen molar-refractivity contribution in [3.63, 3.8) is 0 Å². The molecule has 3 aromatic carbocycles. The fourth-order valence-corrected chi connectivity index (χ4v) is 5.07. The summed E-state index contributed by atoms with van der Waals surface area (Å²) in [5, 5.41) is 3.89. The van der Waals surface area contributed by atoms with Gasteiger partial charge in [-0.15, -0.1) is 11.3 Å². The Labute approximate surface area is 179 Å². The van der Waals surface area contributed by atoms with Gasteiger partial charge in [0.2, 0.25) is 5.91 Å². The van der Waals surface area contributed by atoms with Crippen LogP contribution in [-0.2, 0) is 6.54 Å². The zero-order chi connectivity index (χ0) is 20.8. The fourth-order valence-electron chi connectivity index (χ4n) is 4.36. The minimum absolute atomic E-state index is 0.415. The summed E-state index contributed by atoms with van der Waals surface area (Å²) in [6, 6.07) is 24.2. The SMILES string of the molecule is Cc1cc(C)cc(Cn2c3cc(-c4cccs4)c[c]c3c3c(C(N)=O)cccc32)c1. The first-order valence-corrected chi connectivity index (χ1v) is 10.8. The third kappa shape index (κ3) is 3.10. The molecule has 0 bridgehead atoms. The van der Waals surface area contributed by atoms with Crippen molar-refractivity contribution in [1.82, 2.24) is 4.57 Å². The van der Waals surface area contributed by atoms with Crippen LogP contribution in [0.25, 0.3) is 32.2 Å². The molecule has 4 heteroatoms. The second-order valence-electron chi connectivity index (χ2n) is 7.77. The first kappa shape index (κ1) is 18.6. The Hall–Kier alpha value is -3.37. The van der Waals surface area contributed by atoms with Crippen molar-refractivity contribution in [2.75, 3.05) is 0 Å². The van der Waals surface area contributed by atoms with E-state index in [0.29, 0.717) is 12.1 Å². The van der Waals surface area contributed by atoms with E-state index in [1.54, 1.807) is 17.4 Å². The molecule has 30 heavy (non-hydrogen) atoms. The van der Waals surface area contributed by atoms with Crippen LogP contribution < -0.4 is 5.73 Å². The van der Waals surface area contributed by atoms with E-state index in [-0.39, 0.29) is 0 Å². The number of nitrogens with two attached hydrogens (primary N) is 1. The molecular formula is C26H21N2OS. The maximum absolute atomic E-state index is 12.2. The number of benzene rings is 3. The zero-order valence-electron chi connectivity index (χ0n) is 16.9. The van der Waals surface area contributed by atoms with Gasteiger partial charge in [-0.3, -0.25) is 4.79 Å². The fraction of sp³-hybridized carbons (Fsp3) is 0.115. The highest BCUT2D eigenvalue weighted by molar-refractivity contribution is 7.13. The standard InChI is InChI=1S/C26H21N2OS/c1-16-11-17(2)13-18(12-16)15-28-22-6-3-5-21(26(27)29)25(22)20-9-8-19(14-23(20)28)24-7-4-10-30-24/h3-8,10-14H,15H2,1-2H3,(H2,27,29). The summed E-state index contributed by atoms with van der Waals surface area (Å²) in [6.07, 6.45) is 0. The average molecular weight is 410 g/mol. The van der Waals surface area contributed by atoms with Crippen molar-refractivity contribution in [2.24, 2.45) is 5.73 Å². The first-order valence-electron chi connectivity index (χ1n) is 9.89. The van der Waals surface area contributed by atoms with Crippen LogP contribution >= 0.6 is 11.3 Å². The number of aromatic nitrogens is 1. The summed E-state index contributed by atoms with van der Waals surface area (Å²) in [5.74, 6) is -0.415. The molecular weight excluding hydrogens is 388 g/mol. The van der Waals surface area contributed by atoms with Crippen molar-refractivity contribution in [3.8, 4) is 10.4 Å². The van der Waals surface area contributed by atoms with E-state index in [9.17, 15) is 4.79 Å². The Morgan fingerprint density at radius 2 is 1.83 bits per heavy atom. The first-order chi connectivity index (χ1) is 14.5. The molecule has 0 fully saturated rings. The lowest BCUT2D eigenvalue weighted by molar-refractivity contribution is 0.100. The molecule has 0 spiro atoms. The summed E-state index contributed by atoms with van der Waals surface area (Å²) in [5.41, 5.74) is 13.2. The molecule has 0 unspecified atom stereocenters. The lowest BCUT2D eigenvalue weighted by atomic mass is 10.0. The minimum atomic E-state index is -0.415. The van der Waals surface area contributed by atoms with E-state index in [1.165, 1.54) is 21.6 Å². The minimum Gasteiger partial charge on any atom is -0.366 e. The van der Waals surface area contributed by atoms with E-state index in [4.69, 9.17) is 5.73 Å². The molecule has 0 saturated heterocycles. The molecule has 1 amide bonds. The van der Waals surface area contributed by atoms with E-state index < -0.39 is 5.91 Å². The van der Waals surface area contributed by atoms with E-state index in [1.807, 2.05) is 12.1 Å². The van der Waals surface area contributed by atoms with Gasteiger partial charge in [-0.1, -0.05) is 41.5 Å². The number of amides is 1. The smallest absolute Gasteiger partial charge is 0.249 e. The summed E-state index contributed by atoms with van der Waals surface area (Å²) >= 11 is 1.71. The third-order valence-electron chi connectivity index (χ3n) is 5.49. The van der Waals surface area contributed by atoms with Gasteiger partial charge in [-0.25, -0.2) is 0 Å². The number of nitrogens with zero attached hydrogens (tertiary/aromatic N) is 1. The Morgan fingerprint density at radius 1 is 1.03 bits per heavy atom. The van der Waals surface area contributed by atoms with Crippen LogP contribution in [0.3, 0.4) is 0 Å².